The Morgan fingerprint density at radius 3 is 2.88 bits per heavy atom. The molecule has 0 saturated heterocycles. The Hall–Kier alpha value is -2.82. The smallest absolute Gasteiger partial charge is 0.291 e. The SMILES string of the molecule is C=CCOc1cccc(NC(=O)c2oc3c(c2C)C(=O)CC(C)(C)C3)c1. The maximum Gasteiger partial charge on any atom is 0.291 e. The molecule has 0 saturated carbocycles. The highest BCUT2D eigenvalue weighted by Crippen LogP contribution is 2.38. The third-order valence-electron chi connectivity index (χ3n) is 4.44. The van der Waals surface area contributed by atoms with E-state index in [0.29, 0.717) is 47.8 Å². The van der Waals surface area contributed by atoms with Crippen LogP contribution in [0, 0.1) is 12.3 Å². The number of ketones is 1. The van der Waals surface area contributed by atoms with Gasteiger partial charge in [0.15, 0.2) is 11.5 Å². The maximum atomic E-state index is 12.7. The molecule has 3 rings (SSSR count). The average Bonchev–Trinajstić information content (AvgIpc) is 2.88. The second kappa shape index (κ2) is 6.83. The summed E-state index contributed by atoms with van der Waals surface area (Å²) < 4.78 is 11.3. The molecule has 2 aromatic rings. The molecule has 0 bridgehead atoms. The molecule has 136 valence electrons. The summed E-state index contributed by atoms with van der Waals surface area (Å²) in [5.74, 6) is 1.10. The van der Waals surface area contributed by atoms with Crippen molar-refractivity contribution in [2.45, 2.75) is 33.6 Å². The Balaban J connectivity index is 1.83. The van der Waals surface area contributed by atoms with Crippen LogP contribution in [0.1, 0.15) is 52.5 Å². The van der Waals surface area contributed by atoms with E-state index in [-0.39, 0.29) is 22.9 Å². The number of anilines is 1. The van der Waals surface area contributed by atoms with Crippen LogP contribution in [0.2, 0.25) is 0 Å². The fraction of sp³-hybridized carbons (Fsp3) is 0.333. The second-order valence-electron chi connectivity index (χ2n) is 7.38. The molecular weight excluding hydrogens is 330 g/mol. The normalized spacial score (nSPS) is 15.3. The van der Waals surface area contributed by atoms with Crippen molar-refractivity contribution in [3.05, 3.63) is 59.6 Å². The van der Waals surface area contributed by atoms with Crippen molar-refractivity contribution in [1.29, 1.82) is 0 Å². The zero-order chi connectivity index (χ0) is 18.9. The molecule has 1 aliphatic carbocycles. The number of carbonyl (C=O) groups is 2. The van der Waals surface area contributed by atoms with Crippen LogP contribution < -0.4 is 10.1 Å². The molecule has 0 unspecified atom stereocenters. The molecule has 5 nitrogen and oxygen atoms in total. The molecule has 0 aliphatic heterocycles. The van der Waals surface area contributed by atoms with Crippen molar-refractivity contribution in [3.63, 3.8) is 0 Å². The zero-order valence-electron chi connectivity index (χ0n) is 15.3. The summed E-state index contributed by atoms with van der Waals surface area (Å²) >= 11 is 0. The third-order valence-corrected chi connectivity index (χ3v) is 4.44. The van der Waals surface area contributed by atoms with E-state index in [4.69, 9.17) is 9.15 Å². The highest BCUT2D eigenvalue weighted by molar-refractivity contribution is 6.07. The largest absolute Gasteiger partial charge is 0.489 e. The Morgan fingerprint density at radius 1 is 1.38 bits per heavy atom. The first kappa shape index (κ1) is 18.0. The van der Waals surface area contributed by atoms with Gasteiger partial charge < -0.3 is 14.5 Å². The number of nitrogens with one attached hydrogen (secondary N) is 1. The molecule has 5 heteroatoms. The summed E-state index contributed by atoms with van der Waals surface area (Å²) in [6.07, 6.45) is 2.76. The molecule has 1 aromatic carbocycles. The summed E-state index contributed by atoms with van der Waals surface area (Å²) in [6, 6.07) is 7.09. The lowest BCUT2D eigenvalue weighted by molar-refractivity contribution is 0.0898. The van der Waals surface area contributed by atoms with Gasteiger partial charge in [-0.3, -0.25) is 9.59 Å². The first-order chi connectivity index (χ1) is 12.3. The Kier molecular flexibility index (Phi) is 4.72. The molecule has 0 atom stereocenters. The Labute approximate surface area is 153 Å². The first-order valence-corrected chi connectivity index (χ1v) is 8.61. The first-order valence-electron chi connectivity index (χ1n) is 8.61. The van der Waals surface area contributed by atoms with E-state index in [9.17, 15) is 9.59 Å². The predicted octanol–water partition coefficient (Wildman–Crippen LogP) is 4.56. The van der Waals surface area contributed by atoms with Gasteiger partial charge in [0.2, 0.25) is 0 Å². The quantitative estimate of drug-likeness (QED) is 0.800. The van der Waals surface area contributed by atoms with E-state index in [1.807, 2.05) is 13.8 Å². The van der Waals surface area contributed by atoms with Crippen LogP contribution in [-0.2, 0) is 6.42 Å². The van der Waals surface area contributed by atoms with Crippen LogP contribution in [0.3, 0.4) is 0 Å². The van der Waals surface area contributed by atoms with Crippen molar-refractivity contribution < 1.29 is 18.7 Å². The predicted molar refractivity (Wildman–Crippen MR) is 100.0 cm³/mol. The molecule has 1 heterocycles. The fourth-order valence-corrected chi connectivity index (χ4v) is 3.31. The summed E-state index contributed by atoms with van der Waals surface area (Å²) in [5.41, 5.74) is 1.62. The number of hydrogen-bond donors (Lipinski definition) is 1. The molecule has 1 aliphatic rings. The number of ether oxygens (including phenoxy) is 1. The van der Waals surface area contributed by atoms with Gasteiger partial charge in [-0.25, -0.2) is 0 Å². The van der Waals surface area contributed by atoms with Crippen LogP contribution in [-0.4, -0.2) is 18.3 Å². The van der Waals surface area contributed by atoms with Crippen molar-refractivity contribution in [3.8, 4) is 5.75 Å². The minimum Gasteiger partial charge on any atom is -0.489 e. The zero-order valence-corrected chi connectivity index (χ0v) is 15.3. The lowest BCUT2D eigenvalue weighted by atomic mass is 9.76. The highest BCUT2D eigenvalue weighted by Gasteiger charge is 2.37. The molecule has 26 heavy (non-hydrogen) atoms. The van der Waals surface area contributed by atoms with Crippen molar-refractivity contribution in [1.82, 2.24) is 0 Å². The summed E-state index contributed by atoms with van der Waals surface area (Å²) in [7, 11) is 0. The van der Waals surface area contributed by atoms with Gasteiger partial charge in [0.25, 0.3) is 5.91 Å². The molecule has 0 spiro atoms. The average molecular weight is 353 g/mol. The number of hydrogen-bond acceptors (Lipinski definition) is 4. The van der Waals surface area contributed by atoms with Gasteiger partial charge in [0, 0.05) is 30.2 Å². The Morgan fingerprint density at radius 2 is 2.15 bits per heavy atom. The van der Waals surface area contributed by atoms with E-state index in [0.717, 1.165) is 0 Å². The molecule has 1 N–H and O–H groups in total. The van der Waals surface area contributed by atoms with E-state index in [2.05, 4.69) is 11.9 Å². The van der Waals surface area contributed by atoms with E-state index >= 15 is 0 Å². The number of amides is 1. The van der Waals surface area contributed by atoms with Gasteiger partial charge in [-0.05, 0) is 24.5 Å². The minimum absolute atomic E-state index is 0.0383. The van der Waals surface area contributed by atoms with Crippen LogP contribution in [0.15, 0.2) is 41.3 Å². The lowest BCUT2D eigenvalue weighted by Gasteiger charge is -2.27. The van der Waals surface area contributed by atoms with Crippen LogP contribution in [0.4, 0.5) is 5.69 Å². The van der Waals surface area contributed by atoms with Gasteiger partial charge in [-0.1, -0.05) is 32.6 Å². The van der Waals surface area contributed by atoms with Gasteiger partial charge in [0.05, 0.1) is 5.56 Å². The monoisotopic (exact) mass is 353 g/mol. The number of benzene rings is 1. The number of rotatable bonds is 5. The highest BCUT2D eigenvalue weighted by atomic mass is 16.5. The molecular formula is C21H23NO4. The van der Waals surface area contributed by atoms with Gasteiger partial charge >= 0.3 is 0 Å². The van der Waals surface area contributed by atoms with Gasteiger partial charge in [-0.15, -0.1) is 0 Å². The molecule has 0 radical (unpaired) electrons. The topological polar surface area (TPSA) is 68.5 Å². The van der Waals surface area contributed by atoms with Crippen molar-refractivity contribution in [2.75, 3.05) is 11.9 Å². The third kappa shape index (κ3) is 3.57. The summed E-state index contributed by atoms with van der Waals surface area (Å²) in [5, 5.41) is 2.81. The number of carbonyl (C=O) groups excluding carboxylic acids is 2. The molecule has 0 fully saturated rings. The van der Waals surface area contributed by atoms with Crippen molar-refractivity contribution >= 4 is 17.4 Å². The molecule has 1 aromatic heterocycles. The number of fused-ring (bicyclic) bond motifs is 1. The minimum atomic E-state index is -0.372. The van der Waals surface area contributed by atoms with Gasteiger partial charge in [-0.2, -0.15) is 0 Å². The molecule has 1 amide bonds. The van der Waals surface area contributed by atoms with Crippen LogP contribution >= 0.6 is 0 Å². The fourth-order valence-electron chi connectivity index (χ4n) is 3.31. The van der Waals surface area contributed by atoms with Crippen LogP contribution in [0.25, 0.3) is 0 Å². The maximum absolute atomic E-state index is 12.7. The standard InChI is InChI=1S/C21H23NO4/c1-5-9-25-15-8-6-7-14(10-15)22-20(24)19-13(2)18-16(23)11-21(3,4)12-17(18)26-19/h5-8,10H,1,9,11-12H2,2-4H3,(H,22,24). The lowest BCUT2D eigenvalue weighted by Crippen LogP contribution is -2.26. The van der Waals surface area contributed by atoms with Crippen LogP contribution in [0.5, 0.6) is 5.75 Å². The van der Waals surface area contributed by atoms with E-state index < -0.39 is 0 Å². The van der Waals surface area contributed by atoms with E-state index in [1.165, 1.54) is 0 Å². The number of Topliss-reactive ketones (excluding diaryl/α,β-unsaturated/α-hetero) is 1. The summed E-state index contributed by atoms with van der Waals surface area (Å²) in [6.45, 7) is 9.81. The van der Waals surface area contributed by atoms with Gasteiger partial charge in [0.1, 0.15) is 18.1 Å². The Bertz CT molecular complexity index is 876. The van der Waals surface area contributed by atoms with E-state index in [1.54, 1.807) is 37.3 Å². The summed E-state index contributed by atoms with van der Waals surface area (Å²) in [4.78, 5) is 25.1. The van der Waals surface area contributed by atoms with Crippen molar-refractivity contribution in [2.24, 2.45) is 5.41 Å². The number of furan rings is 1. The second-order valence-corrected chi connectivity index (χ2v) is 7.38.